The predicted molar refractivity (Wildman–Crippen MR) is 83.7 cm³/mol. The van der Waals surface area contributed by atoms with E-state index in [-0.39, 0.29) is 5.91 Å². The molecule has 0 radical (unpaired) electrons. The molecule has 0 unspecified atom stereocenters. The zero-order valence-electron chi connectivity index (χ0n) is 11.1. The number of aryl methyl sites for hydroxylation is 1. The van der Waals surface area contributed by atoms with Crippen molar-refractivity contribution in [2.45, 2.75) is 45.4 Å². The molecule has 0 heterocycles. The van der Waals surface area contributed by atoms with Crippen LogP contribution >= 0.6 is 27.5 Å². The standard InChI is InChI=1S/C15H19BrClNO/c1-10-8-12(16)14(9-13(10)17)18-15(19)7-6-11-4-2-3-5-11/h8-9,11H,2-7H2,1H3,(H,18,19). The van der Waals surface area contributed by atoms with Gasteiger partial charge in [0.15, 0.2) is 0 Å². The Morgan fingerprint density at radius 2 is 2.11 bits per heavy atom. The summed E-state index contributed by atoms with van der Waals surface area (Å²) < 4.78 is 0.878. The van der Waals surface area contributed by atoms with E-state index in [1.807, 2.05) is 13.0 Å². The molecule has 0 saturated heterocycles. The maximum atomic E-state index is 11.9. The third-order valence-electron chi connectivity index (χ3n) is 3.78. The van der Waals surface area contributed by atoms with Crippen molar-refractivity contribution in [3.05, 3.63) is 27.2 Å². The summed E-state index contributed by atoms with van der Waals surface area (Å²) in [4.78, 5) is 11.9. The van der Waals surface area contributed by atoms with Crippen LogP contribution in [0, 0.1) is 12.8 Å². The van der Waals surface area contributed by atoms with Crippen LogP contribution in [0.25, 0.3) is 0 Å². The third kappa shape index (κ3) is 4.22. The largest absolute Gasteiger partial charge is 0.325 e. The first-order valence-corrected chi connectivity index (χ1v) is 7.99. The number of hydrogen-bond donors (Lipinski definition) is 1. The van der Waals surface area contributed by atoms with Gasteiger partial charge in [-0.1, -0.05) is 37.3 Å². The average Bonchev–Trinajstić information content (AvgIpc) is 2.86. The molecule has 0 aliphatic heterocycles. The lowest BCUT2D eigenvalue weighted by Gasteiger charge is -2.11. The molecular weight excluding hydrogens is 326 g/mol. The first-order valence-electron chi connectivity index (χ1n) is 6.82. The molecule has 2 nitrogen and oxygen atoms in total. The minimum absolute atomic E-state index is 0.0764. The number of carbonyl (C=O) groups excluding carboxylic acids is 1. The zero-order valence-corrected chi connectivity index (χ0v) is 13.5. The van der Waals surface area contributed by atoms with Crippen molar-refractivity contribution in [2.75, 3.05) is 5.32 Å². The maximum Gasteiger partial charge on any atom is 0.224 e. The van der Waals surface area contributed by atoms with Crippen LogP contribution in [-0.2, 0) is 4.79 Å². The lowest BCUT2D eigenvalue weighted by atomic mass is 10.0. The second-order valence-electron chi connectivity index (χ2n) is 5.32. The number of rotatable bonds is 4. The zero-order chi connectivity index (χ0) is 13.8. The van der Waals surface area contributed by atoms with Crippen molar-refractivity contribution in [1.82, 2.24) is 0 Å². The van der Waals surface area contributed by atoms with Gasteiger partial charge in [-0.05, 0) is 52.9 Å². The quantitative estimate of drug-likeness (QED) is 0.787. The van der Waals surface area contributed by atoms with Crippen molar-refractivity contribution in [2.24, 2.45) is 5.92 Å². The fraction of sp³-hybridized carbons (Fsp3) is 0.533. The number of carbonyl (C=O) groups is 1. The van der Waals surface area contributed by atoms with Crippen LogP contribution in [0.1, 0.15) is 44.1 Å². The van der Waals surface area contributed by atoms with Crippen LogP contribution in [0.4, 0.5) is 5.69 Å². The van der Waals surface area contributed by atoms with Gasteiger partial charge in [0.25, 0.3) is 0 Å². The molecule has 1 N–H and O–H groups in total. The highest BCUT2D eigenvalue weighted by Crippen LogP contribution is 2.31. The summed E-state index contributed by atoms with van der Waals surface area (Å²) in [6, 6.07) is 3.73. The molecule has 1 aromatic carbocycles. The van der Waals surface area contributed by atoms with E-state index in [0.717, 1.165) is 28.1 Å². The topological polar surface area (TPSA) is 29.1 Å². The summed E-state index contributed by atoms with van der Waals surface area (Å²) in [7, 11) is 0. The van der Waals surface area contributed by atoms with Crippen LogP contribution in [0.3, 0.4) is 0 Å². The predicted octanol–water partition coefficient (Wildman–Crippen LogP) is 5.32. The molecule has 19 heavy (non-hydrogen) atoms. The first kappa shape index (κ1) is 14.9. The number of amides is 1. The summed E-state index contributed by atoms with van der Waals surface area (Å²) in [6.07, 6.45) is 6.82. The fourth-order valence-corrected chi connectivity index (χ4v) is 3.31. The smallest absolute Gasteiger partial charge is 0.224 e. The van der Waals surface area contributed by atoms with E-state index < -0.39 is 0 Å². The molecule has 4 heteroatoms. The Balaban J connectivity index is 1.89. The van der Waals surface area contributed by atoms with Crippen molar-refractivity contribution in [3.8, 4) is 0 Å². The molecule has 1 amide bonds. The van der Waals surface area contributed by atoms with E-state index in [1.165, 1.54) is 25.7 Å². The summed E-state index contributed by atoms with van der Waals surface area (Å²) in [6.45, 7) is 1.94. The number of anilines is 1. The monoisotopic (exact) mass is 343 g/mol. The van der Waals surface area contributed by atoms with Crippen LogP contribution in [0.2, 0.25) is 5.02 Å². The molecule has 1 aromatic rings. The molecule has 0 aromatic heterocycles. The van der Waals surface area contributed by atoms with E-state index >= 15 is 0 Å². The molecule has 2 rings (SSSR count). The van der Waals surface area contributed by atoms with Crippen molar-refractivity contribution < 1.29 is 4.79 Å². The van der Waals surface area contributed by atoms with Gasteiger partial charge in [-0.15, -0.1) is 0 Å². The number of nitrogens with one attached hydrogen (secondary N) is 1. The second kappa shape index (κ2) is 6.76. The van der Waals surface area contributed by atoms with E-state index in [4.69, 9.17) is 11.6 Å². The Hall–Kier alpha value is -0.540. The van der Waals surface area contributed by atoms with Crippen molar-refractivity contribution in [3.63, 3.8) is 0 Å². The molecule has 0 atom stereocenters. The summed E-state index contributed by atoms with van der Waals surface area (Å²) in [5.41, 5.74) is 1.75. The maximum absolute atomic E-state index is 11.9. The molecular formula is C15H19BrClNO. The SMILES string of the molecule is Cc1cc(Br)c(NC(=O)CCC2CCCC2)cc1Cl. The second-order valence-corrected chi connectivity index (χ2v) is 6.58. The van der Waals surface area contributed by atoms with Crippen LogP contribution in [-0.4, -0.2) is 5.91 Å². The van der Waals surface area contributed by atoms with Crippen molar-refractivity contribution >= 4 is 39.1 Å². The van der Waals surface area contributed by atoms with E-state index in [9.17, 15) is 4.79 Å². The third-order valence-corrected chi connectivity index (χ3v) is 4.84. The fourth-order valence-electron chi connectivity index (χ4n) is 2.59. The highest BCUT2D eigenvalue weighted by molar-refractivity contribution is 9.10. The minimum atomic E-state index is 0.0764. The molecule has 0 spiro atoms. The summed E-state index contributed by atoms with van der Waals surface area (Å²) in [5.74, 6) is 0.823. The van der Waals surface area contributed by atoms with Gasteiger partial charge in [0.05, 0.1) is 5.69 Å². The van der Waals surface area contributed by atoms with Crippen LogP contribution in [0.5, 0.6) is 0 Å². The lowest BCUT2D eigenvalue weighted by molar-refractivity contribution is -0.116. The molecule has 0 bridgehead atoms. The molecule has 1 aliphatic carbocycles. The number of hydrogen-bond acceptors (Lipinski definition) is 1. The van der Waals surface area contributed by atoms with E-state index in [1.54, 1.807) is 6.07 Å². The lowest BCUT2D eigenvalue weighted by Crippen LogP contribution is -2.13. The minimum Gasteiger partial charge on any atom is -0.325 e. The van der Waals surface area contributed by atoms with Crippen molar-refractivity contribution in [1.29, 1.82) is 0 Å². The van der Waals surface area contributed by atoms with Gasteiger partial charge < -0.3 is 5.32 Å². The highest BCUT2D eigenvalue weighted by Gasteiger charge is 2.16. The average molecular weight is 345 g/mol. The molecule has 1 fully saturated rings. The Labute approximate surface area is 128 Å². The Bertz CT molecular complexity index is 469. The normalized spacial score (nSPS) is 15.7. The van der Waals surface area contributed by atoms with Gasteiger partial charge in [0, 0.05) is 15.9 Å². The molecule has 1 aliphatic rings. The van der Waals surface area contributed by atoms with E-state index in [2.05, 4.69) is 21.2 Å². The van der Waals surface area contributed by atoms with Gasteiger partial charge in [-0.25, -0.2) is 0 Å². The molecule has 104 valence electrons. The Morgan fingerprint density at radius 1 is 1.42 bits per heavy atom. The van der Waals surface area contributed by atoms with Crippen LogP contribution < -0.4 is 5.32 Å². The summed E-state index contributed by atoms with van der Waals surface area (Å²) >= 11 is 9.53. The Kier molecular flexibility index (Phi) is 5.28. The van der Waals surface area contributed by atoms with Gasteiger partial charge in [0.1, 0.15) is 0 Å². The van der Waals surface area contributed by atoms with Gasteiger partial charge in [-0.3, -0.25) is 4.79 Å². The number of benzene rings is 1. The highest BCUT2D eigenvalue weighted by atomic mass is 79.9. The van der Waals surface area contributed by atoms with Gasteiger partial charge in [-0.2, -0.15) is 0 Å². The molecule has 1 saturated carbocycles. The van der Waals surface area contributed by atoms with Gasteiger partial charge >= 0.3 is 0 Å². The number of halogens is 2. The first-order chi connectivity index (χ1) is 9.06. The van der Waals surface area contributed by atoms with Gasteiger partial charge in [0.2, 0.25) is 5.91 Å². The Morgan fingerprint density at radius 3 is 2.79 bits per heavy atom. The van der Waals surface area contributed by atoms with E-state index in [0.29, 0.717) is 11.4 Å². The summed E-state index contributed by atoms with van der Waals surface area (Å²) in [5, 5.41) is 3.61. The van der Waals surface area contributed by atoms with Crippen LogP contribution in [0.15, 0.2) is 16.6 Å².